The van der Waals surface area contributed by atoms with Crippen LogP contribution in [-0.2, 0) is 4.74 Å². The first-order valence-electron chi connectivity index (χ1n) is 8.44. The predicted octanol–water partition coefficient (Wildman–Crippen LogP) is 2.65. The standard InChI is InChI=1S/C18H18BrClN4O4/c1-27-15-10-13(20)12(19)9-11(15)17(25)24-7-5-23(6-8-24)16-4-3-14(21-22-16)18(26)28-2/h3-4,9-10H,5-8H2,1-2H3. The molecule has 0 N–H and O–H groups in total. The van der Waals surface area contributed by atoms with E-state index in [9.17, 15) is 9.59 Å². The molecule has 1 aromatic heterocycles. The van der Waals surface area contributed by atoms with Crippen LogP contribution in [0.15, 0.2) is 28.7 Å². The largest absolute Gasteiger partial charge is 0.496 e. The fourth-order valence-corrected chi connectivity index (χ4v) is 3.38. The minimum Gasteiger partial charge on any atom is -0.496 e. The van der Waals surface area contributed by atoms with Crippen LogP contribution < -0.4 is 9.64 Å². The van der Waals surface area contributed by atoms with E-state index in [2.05, 4.69) is 30.9 Å². The van der Waals surface area contributed by atoms with Gasteiger partial charge in [-0.05, 0) is 34.1 Å². The molecular weight excluding hydrogens is 452 g/mol. The molecule has 10 heteroatoms. The highest BCUT2D eigenvalue weighted by Crippen LogP contribution is 2.31. The Balaban J connectivity index is 1.68. The topological polar surface area (TPSA) is 84.9 Å². The summed E-state index contributed by atoms with van der Waals surface area (Å²) in [5, 5.41) is 8.44. The summed E-state index contributed by atoms with van der Waals surface area (Å²) in [5.74, 6) is 0.426. The Hall–Kier alpha value is -2.39. The third-order valence-electron chi connectivity index (χ3n) is 4.41. The van der Waals surface area contributed by atoms with Crippen LogP contribution in [0.5, 0.6) is 5.75 Å². The molecule has 1 aromatic carbocycles. The van der Waals surface area contributed by atoms with Crippen LogP contribution in [0.4, 0.5) is 5.82 Å². The lowest BCUT2D eigenvalue weighted by Crippen LogP contribution is -2.49. The van der Waals surface area contributed by atoms with Gasteiger partial charge in [0.25, 0.3) is 5.91 Å². The number of benzene rings is 1. The van der Waals surface area contributed by atoms with Crippen molar-refractivity contribution >= 4 is 45.2 Å². The lowest BCUT2D eigenvalue weighted by molar-refractivity contribution is 0.0592. The van der Waals surface area contributed by atoms with Gasteiger partial charge in [0.1, 0.15) is 5.75 Å². The van der Waals surface area contributed by atoms with E-state index < -0.39 is 5.97 Å². The average Bonchev–Trinajstić information content (AvgIpc) is 2.74. The van der Waals surface area contributed by atoms with Crippen molar-refractivity contribution in [2.45, 2.75) is 0 Å². The number of aromatic nitrogens is 2. The Bertz CT molecular complexity index is 886. The van der Waals surface area contributed by atoms with Crippen molar-refractivity contribution in [2.24, 2.45) is 0 Å². The first-order chi connectivity index (χ1) is 13.4. The van der Waals surface area contributed by atoms with Gasteiger partial charge < -0.3 is 19.3 Å². The Morgan fingerprint density at radius 1 is 1.11 bits per heavy atom. The first kappa shape index (κ1) is 20.3. The maximum atomic E-state index is 12.9. The van der Waals surface area contributed by atoms with Crippen molar-refractivity contribution < 1.29 is 19.1 Å². The molecular formula is C18H18BrClN4O4. The summed E-state index contributed by atoms with van der Waals surface area (Å²) >= 11 is 9.43. The summed E-state index contributed by atoms with van der Waals surface area (Å²) in [6.07, 6.45) is 0. The number of ether oxygens (including phenoxy) is 2. The molecule has 1 aliphatic heterocycles. The summed E-state index contributed by atoms with van der Waals surface area (Å²) in [7, 11) is 2.80. The summed E-state index contributed by atoms with van der Waals surface area (Å²) in [6, 6.07) is 6.58. The number of hydrogen-bond acceptors (Lipinski definition) is 7. The molecule has 1 saturated heterocycles. The van der Waals surface area contributed by atoms with E-state index in [1.54, 1.807) is 29.2 Å². The van der Waals surface area contributed by atoms with Crippen molar-refractivity contribution in [3.8, 4) is 5.75 Å². The van der Waals surface area contributed by atoms with E-state index in [0.717, 1.165) is 0 Å². The molecule has 2 heterocycles. The van der Waals surface area contributed by atoms with Crippen LogP contribution in [0.1, 0.15) is 20.8 Å². The molecule has 3 rings (SSSR count). The van der Waals surface area contributed by atoms with Crippen molar-refractivity contribution in [1.82, 2.24) is 15.1 Å². The van der Waals surface area contributed by atoms with Crippen LogP contribution >= 0.6 is 27.5 Å². The number of methoxy groups -OCH3 is 2. The summed E-state index contributed by atoms with van der Waals surface area (Å²) in [6.45, 7) is 2.22. The number of nitrogens with zero attached hydrogens (tertiary/aromatic N) is 4. The highest BCUT2D eigenvalue weighted by atomic mass is 79.9. The van der Waals surface area contributed by atoms with Gasteiger partial charge in [-0.15, -0.1) is 10.2 Å². The number of rotatable bonds is 4. The van der Waals surface area contributed by atoms with Crippen molar-refractivity contribution in [3.63, 3.8) is 0 Å². The second kappa shape index (κ2) is 8.74. The second-order valence-electron chi connectivity index (χ2n) is 6.01. The molecule has 1 aliphatic rings. The molecule has 148 valence electrons. The third-order valence-corrected chi connectivity index (χ3v) is 5.61. The molecule has 8 nitrogen and oxygen atoms in total. The molecule has 0 saturated carbocycles. The molecule has 0 aliphatic carbocycles. The Morgan fingerprint density at radius 3 is 2.39 bits per heavy atom. The van der Waals surface area contributed by atoms with Crippen LogP contribution in [0.2, 0.25) is 5.02 Å². The Labute approximate surface area is 175 Å². The van der Waals surface area contributed by atoms with Crippen molar-refractivity contribution in [3.05, 3.63) is 45.0 Å². The highest BCUT2D eigenvalue weighted by molar-refractivity contribution is 9.10. The second-order valence-corrected chi connectivity index (χ2v) is 7.28. The van der Waals surface area contributed by atoms with E-state index in [-0.39, 0.29) is 11.6 Å². The van der Waals surface area contributed by atoms with Crippen LogP contribution in [-0.4, -0.2) is 67.4 Å². The SMILES string of the molecule is COC(=O)c1ccc(N2CCN(C(=O)c3cc(Br)c(Cl)cc3OC)CC2)nn1. The van der Waals surface area contributed by atoms with Gasteiger partial charge in [-0.3, -0.25) is 4.79 Å². The zero-order chi connectivity index (χ0) is 20.3. The fraction of sp³-hybridized carbons (Fsp3) is 0.333. The molecule has 0 radical (unpaired) electrons. The van der Waals surface area contributed by atoms with E-state index in [4.69, 9.17) is 16.3 Å². The zero-order valence-electron chi connectivity index (χ0n) is 15.3. The Morgan fingerprint density at radius 2 is 1.82 bits per heavy atom. The van der Waals surface area contributed by atoms with Crippen LogP contribution in [0.25, 0.3) is 0 Å². The van der Waals surface area contributed by atoms with Gasteiger partial charge in [0, 0.05) is 36.7 Å². The van der Waals surface area contributed by atoms with Gasteiger partial charge in [0.05, 0.1) is 24.8 Å². The molecule has 2 aromatic rings. The van der Waals surface area contributed by atoms with E-state index in [1.165, 1.54) is 14.2 Å². The van der Waals surface area contributed by atoms with Crippen molar-refractivity contribution in [1.29, 1.82) is 0 Å². The number of anilines is 1. The normalized spacial score (nSPS) is 14.0. The van der Waals surface area contributed by atoms with Crippen LogP contribution in [0.3, 0.4) is 0 Å². The van der Waals surface area contributed by atoms with E-state index in [1.807, 2.05) is 4.90 Å². The number of piperazine rings is 1. The van der Waals surface area contributed by atoms with Crippen molar-refractivity contribution in [2.75, 3.05) is 45.3 Å². The molecule has 0 bridgehead atoms. The van der Waals surface area contributed by atoms with Gasteiger partial charge >= 0.3 is 5.97 Å². The number of esters is 1. The molecule has 0 atom stereocenters. The zero-order valence-corrected chi connectivity index (χ0v) is 17.7. The van der Waals surface area contributed by atoms with E-state index in [0.29, 0.717) is 52.8 Å². The quantitative estimate of drug-likeness (QED) is 0.636. The predicted molar refractivity (Wildman–Crippen MR) is 107 cm³/mol. The lowest BCUT2D eigenvalue weighted by atomic mass is 10.1. The minimum absolute atomic E-state index is 0.124. The molecule has 1 fully saturated rings. The third kappa shape index (κ3) is 4.20. The van der Waals surface area contributed by atoms with Gasteiger partial charge in [-0.2, -0.15) is 0 Å². The number of carbonyl (C=O) groups is 2. The molecule has 0 unspecified atom stereocenters. The van der Waals surface area contributed by atoms with Gasteiger partial charge in [0.2, 0.25) is 0 Å². The number of carbonyl (C=O) groups excluding carboxylic acids is 2. The number of amides is 1. The minimum atomic E-state index is -0.530. The van der Waals surface area contributed by atoms with E-state index >= 15 is 0 Å². The van der Waals surface area contributed by atoms with Crippen LogP contribution in [0, 0.1) is 0 Å². The average molecular weight is 470 g/mol. The summed E-state index contributed by atoms with van der Waals surface area (Å²) in [5.41, 5.74) is 0.606. The maximum absolute atomic E-state index is 12.9. The monoisotopic (exact) mass is 468 g/mol. The molecule has 0 spiro atoms. The summed E-state index contributed by atoms with van der Waals surface area (Å²) in [4.78, 5) is 28.1. The number of halogens is 2. The summed E-state index contributed by atoms with van der Waals surface area (Å²) < 4.78 is 10.6. The Kier molecular flexibility index (Phi) is 6.35. The lowest BCUT2D eigenvalue weighted by Gasteiger charge is -2.35. The smallest absolute Gasteiger partial charge is 0.358 e. The van der Waals surface area contributed by atoms with Gasteiger partial charge in [0.15, 0.2) is 11.5 Å². The first-order valence-corrected chi connectivity index (χ1v) is 9.61. The van der Waals surface area contributed by atoms with Gasteiger partial charge in [-0.1, -0.05) is 11.6 Å². The van der Waals surface area contributed by atoms with Gasteiger partial charge in [-0.25, -0.2) is 4.79 Å². The molecule has 28 heavy (non-hydrogen) atoms. The fourth-order valence-electron chi connectivity index (χ4n) is 2.88. The number of hydrogen-bond donors (Lipinski definition) is 0. The maximum Gasteiger partial charge on any atom is 0.358 e. The highest BCUT2D eigenvalue weighted by Gasteiger charge is 2.26. The molecule has 1 amide bonds.